The van der Waals surface area contributed by atoms with Gasteiger partial charge in [-0.05, 0) is 42.7 Å². The monoisotopic (exact) mass is 363 g/mol. The molecule has 2 heterocycles. The largest absolute Gasteiger partial charge is 0.416 e. The fourth-order valence-electron chi connectivity index (χ4n) is 3.67. The quantitative estimate of drug-likeness (QED) is 0.727. The molecule has 0 fully saturated rings. The summed E-state index contributed by atoms with van der Waals surface area (Å²) in [6, 6.07) is 5.68. The first-order valence-corrected chi connectivity index (χ1v) is 9.02. The molecular formula is C20H24F3N3. The van der Waals surface area contributed by atoms with Crippen LogP contribution in [0.2, 0.25) is 0 Å². The Labute approximate surface area is 152 Å². The zero-order valence-electron chi connectivity index (χ0n) is 15.1. The summed E-state index contributed by atoms with van der Waals surface area (Å²) in [4.78, 5) is 2.28. The lowest BCUT2D eigenvalue weighted by atomic mass is 9.86. The van der Waals surface area contributed by atoms with Gasteiger partial charge in [-0.15, -0.1) is 0 Å². The summed E-state index contributed by atoms with van der Waals surface area (Å²) in [6.45, 7) is 6.36. The number of rotatable bonds is 6. The number of aromatic nitrogens is 2. The number of hydrogen-bond acceptors (Lipinski definition) is 2. The Bertz CT molecular complexity index is 764. The van der Waals surface area contributed by atoms with E-state index in [9.17, 15) is 13.2 Å². The van der Waals surface area contributed by atoms with Gasteiger partial charge in [0.05, 0.1) is 18.3 Å². The molecule has 0 N–H and O–H groups in total. The van der Waals surface area contributed by atoms with Crippen molar-refractivity contribution in [3.05, 3.63) is 65.6 Å². The zero-order chi connectivity index (χ0) is 18.7. The predicted molar refractivity (Wildman–Crippen MR) is 95.7 cm³/mol. The van der Waals surface area contributed by atoms with Crippen LogP contribution in [-0.4, -0.2) is 27.8 Å². The second kappa shape index (κ2) is 7.56. The molecule has 1 aromatic carbocycles. The molecule has 0 bridgehead atoms. The van der Waals surface area contributed by atoms with Crippen molar-refractivity contribution in [3.8, 4) is 0 Å². The molecule has 26 heavy (non-hydrogen) atoms. The molecule has 2 aromatic rings. The fraction of sp³-hybridized carbons (Fsp3) is 0.450. The lowest BCUT2D eigenvalue weighted by Crippen LogP contribution is -2.21. The van der Waals surface area contributed by atoms with Gasteiger partial charge in [0.25, 0.3) is 0 Å². The molecule has 2 unspecified atom stereocenters. The van der Waals surface area contributed by atoms with Crippen molar-refractivity contribution < 1.29 is 13.2 Å². The summed E-state index contributed by atoms with van der Waals surface area (Å²) < 4.78 is 41.1. The van der Waals surface area contributed by atoms with E-state index in [1.165, 1.54) is 12.1 Å². The SMILES string of the molecule is CCC(c1cnn(Cc2ccccc2C(F)(F)F)c1)C1C=CN(CC)C1. The van der Waals surface area contributed by atoms with Crippen LogP contribution in [0.5, 0.6) is 0 Å². The van der Waals surface area contributed by atoms with Crippen LogP contribution >= 0.6 is 0 Å². The summed E-state index contributed by atoms with van der Waals surface area (Å²) in [5.41, 5.74) is 0.728. The fourth-order valence-corrected chi connectivity index (χ4v) is 3.67. The highest BCUT2D eigenvalue weighted by atomic mass is 19.4. The first kappa shape index (κ1) is 18.5. The van der Waals surface area contributed by atoms with Crippen molar-refractivity contribution in [2.75, 3.05) is 13.1 Å². The highest BCUT2D eigenvalue weighted by molar-refractivity contribution is 5.30. The Morgan fingerprint density at radius 2 is 2.00 bits per heavy atom. The van der Waals surface area contributed by atoms with Gasteiger partial charge in [-0.2, -0.15) is 18.3 Å². The topological polar surface area (TPSA) is 21.1 Å². The van der Waals surface area contributed by atoms with E-state index in [-0.39, 0.29) is 12.1 Å². The van der Waals surface area contributed by atoms with Crippen molar-refractivity contribution in [1.82, 2.24) is 14.7 Å². The third kappa shape index (κ3) is 3.94. The Morgan fingerprint density at radius 1 is 1.23 bits per heavy atom. The van der Waals surface area contributed by atoms with Crippen LogP contribution in [0.1, 0.15) is 42.9 Å². The maximum Gasteiger partial charge on any atom is 0.416 e. The molecule has 1 aromatic heterocycles. The molecule has 2 atom stereocenters. The highest BCUT2D eigenvalue weighted by Crippen LogP contribution is 2.34. The third-order valence-corrected chi connectivity index (χ3v) is 5.09. The summed E-state index contributed by atoms with van der Waals surface area (Å²) in [6.07, 6.45) is 4.68. The Morgan fingerprint density at radius 3 is 2.65 bits per heavy atom. The van der Waals surface area contributed by atoms with E-state index in [0.717, 1.165) is 31.1 Å². The minimum Gasteiger partial charge on any atom is -0.377 e. The van der Waals surface area contributed by atoms with E-state index < -0.39 is 11.7 Å². The van der Waals surface area contributed by atoms with Gasteiger partial charge in [-0.25, -0.2) is 0 Å². The first-order valence-electron chi connectivity index (χ1n) is 9.02. The highest BCUT2D eigenvalue weighted by Gasteiger charge is 2.33. The third-order valence-electron chi connectivity index (χ3n) is 5.09. The summed E-state index contributed by atoms with van der Waals surface area (Å²) in [7, 11) is 0. The van der Waals surface area contributed by atoms with Crippen molar-refractivity contribution in [2.45, 2.75) is 38.9 Å². The zero-order valence-corrected chi connectivity index (χ0v) is 15.1. The van der Waals surface area contributed by atoms with Gasteiger partial charge < -0.3 is 4.90 Å². The van der Waals surface area contributed by atoms with E-state index >= 15 is 0 Å². The Kier molecular flexibility index (Phi) is 5.39. The molecule has 1 aliphatic rings. The molecule has 0 radical (unpaired) electrons. The maximum atomic E-state index is 13.2. The summed E-state index contributed by atoms with van der Waals surface area (Å²) in [5.74, 6) is 0.745. The molecule has 0 aliphatic carbocycles. The van der Waals surface area contributed by atoms with Crippen LogP contribution in [0.15, 0.2) is 48.9 Å². The van der Waals surface area contributed by atoms with Gasteiger partial charge in [-0.3, -0.25) is 4.68 Å². The Hall–Kier alpha value is -2.24. The normalized spacial score (nSPS) is 18.5. The van der Waals surface area contributed by atoms with Gasteiger partial charge >= 0.3 is 6.18 Å². The number of hydrogen-bond donors (Lipinski definition) is 0. The van der Waals surface area contributed by atoms with Crippen molar-refractivity contribution in [1.29, 1.82) is 0 Å². The second-order valence-corrected chi connectivity index (χ2v) is 6.73. The van der Waals surface area contributed by atoms with Crippen molar-refractivity contribution >= 4 is 0 Å². The van der Waals surface area contributed by atoms with E-state index in [1.54, 1.807) is 16.9 Å². The van der Waals surface area contributed by atoms with Gasteiger partial charge in [0.15, 0.2) is 0 Å². The second-order valence-electron chi connectivity index (χ2n) is 6.73. The van der Waals surface area contributed by atoms with E-state index in [2.05, 4.69) is 36.1 Å². The molecule has 1 aliphatic heterocycles. The number of halogens is 3. The average molecular weight is 363 g/mol. The van der Waals surface area contributed by atoms with Crippen LogP contribution in [0, 0.1) is 5.92 Å². The molecule has 0 saturated carbocycles. The van der Waals surface area contributed by atoms with Gasteiger partial charge in [0.2, 0.25) is 0 Å². The molecule has 0 amide bonds. The van der Waals surface area contributed by atoms with Crippen LogP contribution < -0.4 is 0 Å². The molecule has 140 valence electrons. The molecule has 0 spiro atoms. The summed E-state index contributed by atoms with van der Waals surface area (Å²) >= 11 is 0. The minimum atomic E-state index is -4.35. The maximum absolute atomic E-state index is 13.2. The van der Waals surface area contributed by atoms with E-state index in [4.69, 9.17) is 0 Å². The molecule has 3 nitrogen and oxygen atoms in total. The lowest BCUT2D eigenvalue weighted by Gasteiger charge is -2.22. The van der Waals surface area contributed by atoms with E-state index in [0.29, 0.717) is 11.8 Å². The molecule has 6 heteroatoms. The average Bonchev–Trinajstić information content (AvgIpc) is 3.25. The van der Waals surface area contributed by atoms with Crippen LogP contribution in [0.25, 0.3) is 0 Å². The van der Waals surface area contributed by atoms with Crippen molar-refractivity contribution in [3.63, 3.8) is 0 Å². The minimum absolute atomic E-state index is 0.119. The van der Waals surface area contributed by atoms with Gasteiger partial charge in [0.1, 0.15) is 0 Å². The molecular weight excluding hydrogens is 339 g/mol. The smallest absolute Gasteiger partial charge is 0.377 e. The van der Waals surface area contributed by atoms with Crippen LogP contribution in [0.4, 0.5) is 13.2 Å². The van der Waals surface area contributed by atoms with Crippen LogP contribution in [0.3, 0.4) is 0 Å². The molecule has 3 rings (SSSR count). The molecule has 0 saturated heterocycles. The van der Waals surface area contributed by atoms with Gasteiger partial charge in [0, 0.05) is 25.2 Å². The summed E-state index contributed by atoms with van der Waals surface area (Å²) in [5, 5.41) is 4.33. The standard InChI is InChI=1S/C20H24F3N3/c1-3-18(15-9-10-25(4-2)12-15)17-11-24-26(14-17)13-16-7-5-6-8-19(16)20(21,22)23/h5-11,14-15,18H,3-4,12-13H2,1-2H3. The number of alkyl halides is 3. The van der Waals surface area contributed by atoms with Gasteiger partial charge in [-0.1, -0.05) is 31.2 Å². The first-order chi connectivity index (χ1) is 12.4. The lowest BCUT2D eigenvalue weighted by molar-refractivity contribution is -0.138. The van der Waals surface area contributed by atoms with Crippen molar-refractivity contribution in [2.24, 2.45) is 5.92 Å². The van der Waals surface area contributed by atoms with E-state index in [1.807, 2.05) is 6.20 Å². The Balaban J connectivity index is 1.77. The number of nitrogens with zero attached hydrogens (tertiary/aromatic N) is 3. The predicted octanol–water partition coefficient (Wildman–Crippen LogP) is 4.91. The van der Waals surface area contributed by atoms with Crippen LogP contribution in [-0.2, 0) is 12.7 Å². The number of benzene rings is 1.